The lowest BCUT2D eigenvalue weighted by atomic mass is 9.40. The molecule has 3 unspecified atom stereocenters. The van der Waals surface area contributed by atoms with Crippen molar-refractivity contribution in [2.75, 3.05) is 26.9 Å². The maximum atomic E-state index is 14.6. The average molecular weight is 1230 g/mol. The zero-order chi connectivity index (χ0) is 61.8. The Labute approximate surface area is 489 Å². The zero-order valence-electron chi connectivity index (χ0n) is 49.3. The quantitative estimate of drug-likeness (QED) is 0.0345. The Morgan fingerprint density at radius 2 is 1.31 bits per heavy atom. The molecule has 28 atom stereocenters. The van der Waals surface area contributed by atoms with Gasteiger partial charge in [-0.05, 0) is 114 Å². The minimum Gasteiger partial charge on any atom is -0.460 e. The molecule has 0 bridgehead atoms. The molecule has 11 N–H and O–H groups in total. The summed E-state index contributed by atoms with van der Waals surface area (Å²) in [7, 11) is -4.01. The van der Waals surface area contributed by atoms with Gasteiger partial charge in [-0.25, -0.2) is 4.18 Å². The second-order valence-electron chi connectivity index (χ2n) is 26.8. The molecule has 9 aliphatic rings. The standard InChI is InChI=1S/C56H90O27S/c1-24-42(78-48-41(67)44(36(62)29(22-58)76-48)79-47-40(66)43(72-10)35(61)28(21-57)75-47)38(64)39(65)46(74-24)80-45-37(63)30(83-84(69,70)71)23-73-49(45)77-34-15-18-53(7)27-20-33(60)56-32(14-19-54(56,8)26(27)12-13-31(53)52(34,5)6)55(9,82-50(56)68)17-11-16-51(3,4)81-25(2)59/h20,24,26,28-49,57-58,60-67H,11-19,21-23H2,1-10H3,(H,69,70,71)/t24-,26?,28-,29-,30+,31-,32?,33+,34-,35-,36-,37-,38-,39-,40-,41-,42-,43+,44+,45+,46+,47+,48+,49-,53+,54-,55-,56?/m0/s1. The molecule has 5 aliphatic heterocycles. The Kier molecular flexibility index (Phi) is 19.1. The van der Waals surface area contributed by atoms with E-state index in [1.54, 1.807) is 0 Å². The minimum absolute atomic E-state index is 0.0623. The number of hydrogen-bond donors (Lipinski definition) is 11. The number of methoxy groups -OCH3 is 1. The number of carbonyl (C=O) groups is 2. The average Bonchev–Trinajstić information content (AvgIpc) is 1.47. The summed E-state index contributed by atoms with van der Waals surface area (Å²) in [6, 6.07) is 0. The van der Waals surface area contributed by atoms with Crippen LogP contribution in [0.25, 0.3) is 0 Å². The van der Waals surface area contributed by atoms with Gasteiger partial charge in [-0.1, -0.05) is 39.3 Å². The first-order valence-corrected chi connectivity index (χ1v) is 30.7. The third kappa shape index (κ3) is 11.5. The molecule has 84 heavy (non-hydrogen) atoms. The van der Waals surface area contributed by atoms with Crippen molar-refractivity contribution in [3.8, 4) is 0 Å². The fourth-order valence-corrected chi connectivity index (χ4v) is 17.4. The van der Waals surface area contributed by atoms with E-state index in [-0.39, 0.29) is 29.7 Å². The van der Waals surface area contributed by atoms with E-state index in [2.05, 4.69) is 27.7 Å². The molecule has 482 valence electrons. The summed E-state index contributed by atoms with van der Waals surface area (Å²) in [5.41, 5.74) is -3.45. The fourth-order valence-electron chi connectivity index (χ4n) is 16.9. The Morgan fingerprint density at radius 1 is 0.714 bits per heavy atom. The molecule has 28 heteroatoms. The lowest BCUT2D eigenvalue weighted by molar-refractivity contribution is -0.389. The van der Waals surface area contributed by atoms with Crippen LogP contribution in [0.15, 0.2) is 11.6 Å². The van der Waals surface area contributed by atoms with Crippen molar-refractivity contribution < 1.29 is 130 Å². The van der Waals surface area contributed by atoms with Crippen LogP contribution in [0.2, 0.25) is 0 Å². The molecular weight excluding hydrogens is 1140 g/mol. The van der Waals surface area contributed by atoms with Crippen molar-refractivity contribution in [3.63, 3.8) is 0 Å². The van der Waals surface area contributed by atoms with Crippen LogP contribution in [0.1, 0.15) is 120 Å². The Morgan fingerprint density at radius 3 is 1.92 bits per heavy atom. The predicted molar refractivity (Wildman–Crippen MR) is 283 cm³/mol. The number of aliphatic hydroxyl groups excluding tert-OH is 10. The van der Waals surface area contributed by atoms with E-state index >= 15 is 0 Å². The Bertz CT molecular complexity index is 2500. The zero-order valence-corrected chi connectivity index (χ0v) is 50.1. The van der Waals surface area contributed by atoms with Crippen LogP contribution in [0, 0.1) is 39.4 Å². The van der Waals surface area contributed by atoms with Crippen molar-refractivity contribution in [1.29, 1.82) is 0 Å². The first kappa shape index (κ1) is 66.2. The van der Waals surface area contributed by atoms with Gasteiger partial charge in [-0.15, -0.1) is 0 Å². The van der Waals surface area contributed by atoms with Gasteiger partial charge in [0.05, 0.1) is 38.1 Å². The van der Waals surface area contributed by atoms with Crippen LogP contribution in [0.4, 0.5) is 0 Å². The molecule has 3 saturated carbocycles. The van der Waals surface area contributed by atoms with Crippen LogP contribution in [-0.4, -0.2) is 243 Å². The summed E-state index contributed by atoms with van der Waals surface area (Å²) >= 11 is 0. The van der Waals surface area contributed by atoms with Crippen molar-refractivity contribution in [2.45, 2.75) is 260 Å². The molecule has 0 aromatic carbocycles. The van der Waals surface area contributed by atoms with Crippen LogP contribution in [0.5, 0.6) is 0 Å². The van der Waals surface area contributed by atoms with Crippen LogP contribution >= 0.6 is 0 Å². The SMILES string of the molecule is CO[C@H]1[C@H](O)[C@@H](O[C@H]2[C@H](O)[C@@H](O[C@@H]3[C@@H](O)[C@H](O)[C@@H](O[C@H]4[C@H](O[C@H]5CC[C@]6(C)C7=C[C@@H](O)C89C(=O)O[C@@](C)(CCCC(C)(C)OC(C)=O)C8CC[C@@]9(C)C7CC[C@H]6C5(C)C)OC[C@@H](OS(=O)(=O)O)[C@@H]4O)O[C@H]3C)O[C@@H](CO)[C@@H]2O)O[C@@H](CO)[C@@H]1O. The van der Waals surface area contributed by atoms with E-state index in [4.69, 9.17) is 56.3 Å². The molecule has 5 saturated heterocycles. The molecule has 4 aliphatic carbocycles. The highest BCUT2D eigenvalue weighted by Gasteiger charge is 2.79. The second kappa shape index (κ2) is 24.2. The molecule has 1 spiro atoms. The highest BCUT2D eigenvalue weighted by Crippen LogP contribution is 2.76. The van der Waals surface area contributed by atoms with Crippen molar-refractivity contribution in [3.05, 3.63) is 11.6 Å². The smallest absolute Gasteiger partial charge is 0.397 e. The first-order chi connectivity index (χ1) is 39.1. The van der Waals surface area contributed by atoms with Crippen molar-refractivity contribution in [1.82, 2.24) is 0 Å². The maximum Gasteiger partial charge on any atom is 0.397 e. The van der Waals surface area contributed by atoms with E-state index in [0.29, 0.717) is 57.8 Å². The summed E-state index contributed by atoms with van der Waals surface area (Å²) in [5, 5.41) is 112. The summed E-state index contributed by atoms with van der Waals surface area (Å²) in [4.78, 5) is 26.4. The van der Waals surface area contributed by atoms with E-state index in [1.165, 1.54) is 21.0 Å². The van der Waals surface area contributed by atoms with Gasteiger partial charge in [0.15, 0.2) is 25.2 Å². The Balaban J connectivity index is 0.898. The number of esters is 2. The molecule has 0 aromatic heterocycles. The highest BCUT2D eigenvalue weighted by molar-refractivity contribution is 7.80. The third-order valence-corrected chi connectivity index (χ3v) is 21.5. The lowest BCUT2D eigenvalue weighted by Gasteiger charge is -2.64. The molecule has 27 nitrogen and oxygen atoms in total. The largest absolute Gasteiger partial charge is 0.460 e. The number of rotatable bonds is 18. The van der Waals surface area contributed by atoms with Gasteiger partial charge < -0.3 is 103 Å². The van der Waals surface area contributed by atoms with Gasteiger partial charge in [0.25, 0.3) is 0 Å². The van der Waals surface area contributed by atoms with Crippen molar-refractivity contribution in [2.24, 2.45) is 39.4 Å². The topological polar surface area (TPSA) is 402 Å². The summed E-state index contributed by atoms with van der Waals surface area (Å²) in [5.74, 6) is -1.16. The number of ether oxygens (including phenoxy) is 11. The van der Waals surface area contributed by atoms with Gasteiger partial charge in [0, 0.05) is 20.0 Å². The predicted octanol–water partition coefficient (Wildman–Crippen LogP) is -0.824. The van der Waals surface area contributed by atoms with Crippen molar-refractivity contribution >= 4 is 22.3 Å². The first-order valence-electron chi connectivity index (χ1n) is 29.3. The van der Waals surface area contributed by atoms with Crippen LogP contribution < -0.4 is 0 Å². The molecule has 0 aromatic rings. The monoisotopic (exact) mass is 1230 g/mol. The van der Waals surface area contributed by atoms with E-state index in [9.17, 15) is 73.6 Å². The number of carbonyl (C=O) groups excluding carboxylic acids is 2. The molecule has 5 heterocycles. The summed E-state index contributed by atoms with van der Waals surface area (Å²) < 4.78 is 104. The van der Waals surface area contributed by atoms with Gasteiger partial charge in [0.2, 0.25) is 0 Å². The van der Waals surface area contributed by atoms with Gasteiger partial charge in [-0.2, -0.15) is 8.42 Å². The number of cyclic esters (lactones) is 1. The molecule has 9 rings (SSSR count). The van der Waals surface area contributed by atoms with Crippen LogP contribution in [0.3, 0.4) is 0 Å². The molecular formula is C56H90O27S. The minimum atomic E-state index is -5.19. The highest BCUT2D eigenvalue weighted by atomic mass is 32.3. The third-order valence-electron chi connectivity index (χ3n) is 21.0. The summed E-state index contributed by atoms with van der Waals surface area (Å²) in [6.07, 6.45) is -26.6. The maximum absolute atomic E-state index is 14.6. The summed E-state index contributed by atoms with van der Waals surface area (Å²) in [6.45, 7) is 14.7. The number of aliphatic hydroxyl groups is 10. The van der Waals surface area contributed by atoms with E-state index in [1.807, 2.05) is 26.8 Å². The Hall–Kier alpha value is -2.21. The van der Waals surface area contributed by atoms with Gasteiger partial charge in [-0.3, -0.25) is 14.1 Å². The normalized spacial score (nSPS) is 49.4. The lowest BCUT2D eigenvalue weighted by Crippen LogP contribution is -2.67. The second-order valence-corrected chi connectivity index (χ2v) is 27.8. The molecule has 8 fully saturated rings. The number of hydrogen-bond acceptors (Lipinski definition) is 26. The molecule has 0 radical (unpaired) electrons. The van der Waals surface area contributed by atoms with E-state index in [0.717, 1.165) is 5.57 Å². The van der Waals surface area contributed by atoms with Gasteiger partial charge in [0.1, 0.15) is 102 Å². The van der Waals surface area contributed by atoms with Crippen LogP contribution in [-0.2, 0) is 76.3 Å². The fraction of sp³-hybridized carbons (Fsp3) is 0.929. The molecule has 0 amide bonds. The number of fused-ring (bicyclic) bond motifs is 4. The van der Waals surface area contributed by atoms with E-state index < -0.39 is 192 Å². The number of allylic oxidation sites excluding steroid dienone is 1. The van der Waals surface area contributed by atoms with Gasteiger partial charge >= 0.3 is 22.3 Å².